The molecule has 7 heteroatoms. The number of hydrogen-bond donors (Lipinski definition) is 2. The van der Waals surface area contributed by atoms with E-state index < -0.39 is 17.4 Å². The highest BCUT2D eigenvalue weighted by atomic mass is 19.1. The van der Waals surface area contributed by atoms with Crippen molar-refractivity contribution in [3.05, 3.63) is 47.5 Å². The second-order valence-electron chi connectivity index (χ2n) is 5.42. The Balaban J connectivity index is 1.85. The zero-order valence-corrected chi connectivity index (χ0v) is 11.8. The van der Waals surface area contributed by atoms with Gasteiger partial charge in [-0.25, -0.2) is 13.9 Å². The minimum Gasteiger partial charge on any atom is -0.480 e. The molecule has 1 aromatic carbocycles. The molecule has 0 atom stereocenters. The quantitative estimate of drug-likeness (QED) is 0.900. The van der Waals surface area contributed by atoms with E-state index in [1.54, 1.807) is 25.3 Å². The van der Waals surface area contributed by atoms with E-state index in [0.29, 0.717) is 24.1 Å². The van der Waals surface area contributed by atoms with E-state index in [2.05, 4.69) is 10.4 Å². The number of aromatic nitrogens is 2. The number of nitrogens with one attached hydrogen (secondary N) is 1. The van der Waals surface area contributed by atoms with Gasteiger partial charge in [-0.2, -0.15) is 5.10 Å². The normalized spacial score (nSPS) is 15.4. The zero-order chi connectivity index (χ0) is 15.9. The van der Waals surface area contributed by atoms with Gasteiger partial charge in [0.1, 0.15) is 11.4 Å². The van der Waals surface area contributed by atoms with Crippen molar-refractivity contribution in [3.8, 4) is 5.69 Å². The molecule has 1 aliphatic carbocycles. The van der Waals surface area contributed by atoms with Crippen LogP contribution >= 0.6 is 0 Å². The molecule has 2 aromatic rings. The summed E-state index contributed by atoms with van der Waals surface area (Å²) in [4.78, 5) is 23.3. The highest BCUT2D eigenvalue weighted by molar-refractivity contribution is 5.98. The van der Waals surface area contributed by atoms with Gasteiger partial charge in [-0.15, -0.1) is 0 Å². The summed E-state index contributed by atoms with van der Waals surface area (Å²) in [7, 11) is 0. The van der Waals surface area contributed by atoms with Gasteiger partial charge in [0.15, 0.2) is 5.69 Å². The van der Waals surface area contributed by atoms with Crippen LogP contribution in [0.5, 0.6) is 0 Å². The molecule has 0 aliphatic heterocycles. The molecule has 6 nitrogen and oxygen atoms in total. The lowest BCUT2D eigenvalue weighted by molar-refractivity contribution is -0.140. The SMILES string of the molecule is Cc1cn(-c2ccc(F)cc2)nc1C(=O)NC1(C(=O)O)CC1. The van der Waals surface area contributed by atoms with Gasteiger partial charge in [-0.3, -0.25) is 4.79 Å². The van der Waals surface area contributed by atoms with Gasteiger partial charge in [0.2, 0.25) is 0 Å². The Morgan fingerprint density at radius 2 is 1.95 bits per heavy atom. The first-order chi connectivity index (χ1) is 10.4. The fourth-order valence-corrected chi connectivity index (χ4v) is 2.20. The summed E-state index contributed by atoms with van der Waals surface area (Å²) in [6.45, 7) is 1.71. The smallest absolute Gasteiger partial charge is 0.329 e. The third-order valence-electron chi connectivity index (χ3n) is 3.72. The molecule has 1 saturated carbocycles. The van der Waals surface area contributed by atoms with Crippen molar-refractivity contribution >= 4 is 11.9 Å². The van der Waals surface area contributed by atoms with Gasteiger partial charge < -0.3 is 10.4 Å². The highest BCUT2D eigenvalue weighted by Gasteiger charge is 2.52. The number of carboxylic acids is 1. The van der Waals surface area contributed by atoms with Crippen molar-refractivity contribution in [1.82, 2.24) is 15.1 Å². The minimum absolute atomic E-state index is 0.164. The Kier molecular flexibility index (Phi) is 3.20. The van der Waals surface area contributed by atoms with Crippen LogP contribution in [0.2, 0.25) is 0 Å². The summed E-state index contributed by atoms with van der Waals surface area (Å²) in [6, 6.07) is 5.69. The maximum atomic E-state index is 12.9. The maximum absolute atomic E-state index is 12.9. The van der Waals surface area contributed by atoms with Crippen LogP contribution in [0.4, 0.5) is 4.39 Å². The lowest BCUT2D eigenvalue weighted by atomic mass is 10.2. The van der Waals surface area contributed by atoms with Crippen LogP contribution in [0.3, 0.4) is 0 Å². The number of carbonyl (C=O) groups excluding carboxylic acids is 1. The molecule has 0 radical (unpaired) electrons. The monoisotopic (exact) mass is 303 g/mol. The van der Waals surface area contributed by atoms with E-state index in [9.17, 15) is 14.0 Å². The van der Waals surface area contributed by atoms with Crippen molar-refractivity contribution < 1.29 is 19.1 Å². The summed E-state index contributed by atoms with van der Waals surface area (Å²) >= 11 is 0. The molecular weight excluding hydrogens is 289 g/mol. The summed E-state index contributed by atoms with van der Waals surface area (Å²) in [5.41, 5.74) is 0.242. The second kappa shape index (κ2) is 4.94. The van der Waals surface area contributed by atoms with Crippen LogP contribution in [0.1, 0.15) is 28.9 Å². The van der Waals surface area contributed by atoms with Gasteiger partial charge in [0.25, 0.3) is 5.91 Å². The van der Waals surface area contributed by atoms with Gasteiger partial charge in [0, 0.05) is 11.8 Å². The fourth-order valence-electron chi connectivity index (χ4n) is 2.20. The van der Waals surface area contributed by atoms with Crippen molar-refractivity contribution in [2.75, 3.05) is 0 Å². The molecular formula is C15H14FN3O3. The van der Waals surface area contributed by atoms with Gasteiger partial charge in [-0.1, -0.05) is 0 Å². The van der Waals surface area contributed by atoms with Crippen molar-refractivity contribution in [3.63, 3.8) is 0 Å². The number of rotatable bonds is 4. The Hall–Kier alpha value is -2.70. The first-order valence-corrected chi connectivity index (χ1v) is 6.79. The lowest BCUT2D eigenvalue weighted by Gasteiger charge is -2.11. The van der Waals surface area contributed by atoms with Crippen LogP contribution in [0, 0.1) is 12.7 Å². The number of carboxylic acid groups (broad SMARTS) is 1. The van der Waals surface area contributed by atoms with Gasteiger partial charge in [0.05, 0.1) is 5.69 Å². The van der Waals surface area contributed by atoms with E-state index in [1.807, 2.05) is 0 Å². The first kappa shape index (κ1) is 14.2. The lowest BCUT2D eigenvalue weighted by Crippen LogP contribution is -2.43. The zero-order valence-electron chi connectivity index (χ0n) is 11.8. The Morgan fingerprint density at radius 1 is 1.32 bits per heavy atom. The summed E-state index contributed by atoms with van der Waals surface area (Å²) in [6.07, 6.45) is 2.49. The number of aliphatic carboxylic acids is 1. The van der Waals surface area contributed by atoms with E-state index in [1.165, 1.54) is 16.8 Å². The number of hydrogen-bond acceptors (Lipinski definition) is 3. The maximum Gasteiger partial charge on any atom is 0.329 e. The number of carbonyl (C=O) groups is 2. The van der Waals surface area contributed by atoms with Crippen molar-refractivity contribution in [1.29, 1.82) is 0 Å². The summed E-state index contributed by atoms with van der Waals surface area (Å²) < 4.78 is 14.4. The van der Waals surface area contributed by atoms with Crippen molar-refractivity contribution in [2.24, 2.45) is 0 Å². The molecule has 3 rings (SSSR count). The highest BCUT2D eigenvalue weighted by Crippen LogP contribution is 2.35. The second-order valence-corrected chi connectivity index (χ2v) is 5.42. The number of nitrogens with zero attached hydrogens (tertiary/aromatic N) is 2. The molecule has 1 heterocycles. The predicted molar refractivity (Wildman–Crippen MR) is 75.3 cm³/mol. The van der Waals surface area contributed by atoms with E-state index >= 15 is 0 Å². The van der Waals surface area contributed by atoms with Crippen LogP contribution in [-0.4, -0.2) is 32.3 Å². The van der Waals surface area contributed by atoms with Crippen molar-refractivity contribution in [2.45, 2.75) is 25.3 Å². The summed E-state index contributed by atoms with van der Waals surface area (Å²) in [5.74, 6) is -1.91. The predicted octanol–water partition coefficient (Wildman–Crippen LogP) is 1.67. The van der Waals surface area contributed by atoms with Crippen LogP contribution < -0.4 is 5.32 Å². The molecule has 0 bridgehead atoms. The van der Waals surface area contributed by atoms with Crippen LogP contribution in [0.25, 0.3) is 5.69 Å². The van der Waals surface area contributed by atoms with E-state index in [-0.39, 0.29) is 11.5 Å². The van der Waals surface area contributed by atoms with Gasteiger partial charge >= 0.3 is 5.97 Å². The Bertz CT molecular complexity index is 748. The largest absolute Gasteiger partial charge is 0.480 e. The third-order valence-corrected chi connectivity index (χ3v) is 3.72. The number of aryl methyl sites for hydroxylation is 1. The van der Waals surface area contributed by atoms with Gasteiger partial charge in [-0.05, 0) is 44.0 Å². The number of halogens is 1. The molecule has 0 unspecified atom stereocenters. The van der Waals surface area contributed by atoms with E-state index in [4.69, 9.17) is 5.11 Å². The Morgan fingerprint density at radius 3 is 2.50 bits per heavy atom. The molecule has 1 aliphatic rings. The third kappa shape index (κ3) is 2.45. The standard InChI is InChI=1S/C15H14FN3O3/c1-9-8-19(11-4-2-10(16)3-5-11)18-12(9)13(20)17-15(6-7-15)14(21)22/h2-5,8H,6-7H2,1H3,(H,17,20)(H,21,22). The molecule has 1 aromatic heterocycles. The molecule has 22 heavy (non-hydrogen) atoms. The Labute approximate surface area is 125 Å². The van der Waals surface area contributed by atoms with Crippen LogP contribution in [0.15, 0.2) is 30.5 Å². The molecule has 114 valence electrons. The number of benzene rings is 1. The molecule has 2 N–H and O–H groups in total. The van der Waals surface area contributed by atoms with Crippen LogP contribution in [-0.2, 0) is 4.79 Å². The molecule has 1 fully saturated rings. The fraction of sp³-hybridized carbons (Fsp3) is 0.267. The average Bonchev–Trinajstić information content (AvgIpc) is 3.15. The molecule has 1 amide bonds. The van der Waals surface area contributed by atoms with E-state index in [0.717, 1.165) is 0 Å². The minimum atomic E-state index is -1.15. The summed E-state index contributed by atoms with van der Waals surface area (Å²) in [5, 5.41) is 15.8. The topological polar surface area (TPSA) is 84.2 Å². The molecule has 0 saturated heterocycles. The number of amides is 1. The molecule has 0 spiro atoms. The first-order valence-electron chi connectivity index (χ1n) is 6.79. The average molecular weight is 303 g/mol.